The Morgan fingerprint density at radius 3 is 2.48 bits per heavy atom. The number of carbonyl (C=O) groups excluding carboxylic acids is 1. The van der Waals surface area contributed by atoms with Gasteiger partial charge in [0, 0.05) is 11.3 Å². The summed E-state index contributed by atoms with van der Waals surface area (Å²) in [5, 5.41) is 21.0. The molecule has 168 valence electrons. The molecule has 0 spiro atoms. The van der Waals surface area contributed by atoms with Crippen LogP contribution >= 0.6 is 0 Å². The van der Waals surface area contributed by atoms with Crippen LogP contribution in [0, 0.1) is 5.82 Å². The van der Waals surface area contributed by atoms with Crippen LogP contribution < -0.4 is 5.32 Å². The zero-order chi connectivity index (χ0) is 23.2. The highest BCUT2D eigenvalue weighted by molar-refractivity contribution is 6.04. The number of benzene rings is 2. The molecule has 0 bridgehead atoms. The molecule has 1 N–H and O–H groups in total. The van der Waals surface area contributed by atoms with Gasteiger partial charge in [-0.1, -0.05) is 17.3 Å². The van der Waals surface area contributed by atoms with Crippen molar-refractivity contribution in [1.29, 1.82) is 0 Å². The molecule has 0 saturated heterocycles. The molecule has 0 atom stereocenters. The second-order valence-corrected chi connectivity index (χ2v) is 7.39. The number of tetrazole rings is 1. The maximum Gasteiger partial charge on any atom is 0.435 e. The number of aromatic nitrogens is 7. The Kier molecular flexibility index (Phi) is 4.87. The van der Waals surface area contributed by atoms with E-state index in [0.29, 0.717) is 16.1 Å². The Labute approximate surface area is 183 Å². The van der Waals surface area contributed by atoms with Crippen molar-refractivity contribution in [3.63, 3.8) is 0 Å². The summed E-state index contributed by atoms with van der Waals surface area (Å²) in [6.45, 7) is 0. The predicted octanol–water partition coefficient (Wildman–Crippen LogP) is 3.67. The molecular formula is C20H14F4N8O. The molecule has 4 aromatic rings. The van der Waals surface area contributed by atoms with Crippen LogP contribution in [-0.2, 0) is 6.18 Å². The second kappa shape index (κ2) is 7.76. The van der Waals surface area contributed by atoms with Crippen LogP contribution in [0.15, 0.2) is 48.5 Å². The van der Waals surface area contributed by atoms with E-state index >= 15 is 0 Å². The SMILES string of the molecule is O=C(Nc1cccc(-c2nnnn2C2CC2)c1)c1nnn(-c2ccc(F)cc2)c1C(F)(F)F. The van der Waals surface area contributed by atoms with Crippen LogP contribution in [0.25, 0.3) is 17.1 Å². The highest BCUT2D eigenvalue weighted by atomic mass is 19.4. The van der Waals surface area contributed by atoms with Gasteiger partial charge in [-0.3, -0.25) is 4.79 Å². The summed E-state index contributed by atoms with van der Waals surface area (Å²) in [6.07, 6.45) is -3.03. The fourth-order valence-corrected chi connectivity index (χ4v) is 3.33. The zero-order valence-corrected chi connectivity index (χ0v) is 16.7. The Hall–Kier alpha value is -4.16. The molecule has 2 aromatic carbocycles. The number of anilines is 1. The summed E-state index contributed by atoms with van der Waals surface area (Å²) in [6, 6.07) is 10.8. The van der Waals surface area contributed by atoms with Crippen LogP contribution in [0.3, 0.4) is 0 Å². The lowest BCUT2D eigenvalue weighted by atomic mass is 10.2. The molecule has 1 fully saturated rings. The topological polar surface area (TPSA) is 103 Å². The van der Waals surface area contributed by atoms with Gasteiger partial charge in [-0.25, -0.2) is 13.8 Å². The molecule has 1 saturated carbocycles. The van der Waals surface area contributed by atoms with Crippen LogP contribution in [0.4, 0.5) is 23.2 Å². The summed E-state index contributed by atoms with van der Waals surface area (Å²) in [5.41, 5.74) is -1.56. The van der Waals surface area contributed by atoms with Crippen molar-refractivity contribution in [2.45, 2.75) is 25.1 Å². The number of nitrogens with zero attached hydrogens (tertiary/aromatic N) is 7. The molecule has 13 heteroatoms. The van der Waals surface area contributed by atoms with Gasteiger partial charge in [0.05, 0.1) is 11.7 Å². The van der Waals surface area contributed by atoms with Crippen LogP contribution in [0.1, 0.15) is 35.1 Å². The molecule has 1 aliphatic rings. The molecule has 33 heavy (non-hydrogen) atoms. The molecule has 0 radical (unpaired) electrons. The number of alkyl halides is 3. The van der Waals surface area contributed by atoms with Crippen molar-refractivity contribution >= 4 is 11.6 Å². The predicted molar refractivity (Wildman–Crippen MR) is 106 cm³/mol. The van der Waals surface area contributed by atoms with Crippen molar-refractivity contribution in [1.82, 2.24) is 35.2 Å². The molecule has 2 heterocycles. The molecule has 1 aliphatic carbocycles. The van der Waals surface area contributed by atoms with Gasteiger partial charge in [-0.2, -0.15) is 13.2 Å². The van der Waals surface area contributed by atoms with Gasteiger partial charge in [-0.15, -0.1) is 10.2 Å². The summed E-state index contributed by atoms with van der Waals surface area (Å²) >= 11 is 0. The van der Waals surface area contributed by atoms with Crippen molar-refractivity contribution in [3.8, 4) is 17.1 Å². The van der Waals surface area contributed by atoms with Gasteiger partial charge < -0.3 is 5.32 Å². The molecule has 5 rings (SSSR count). The third-order valence-corrected chi connectivity index (χ3v) is 4.99. The van der Waals surface area contributed by atoms with Crippen molar-refractivity contribution in [2.24, 2.45) is 0 Å². The zero-order valence-electron chi connectivity index (χ0n) is 16.7. The van der Waals surface area contributed by atoms with Gasteiger partial charge in [0.2, 0.25) is 0 Å². The minimum absolute atomic E-state index is 0.0933. The van der Waals surface area contributed by atoms with E-state index < -0.39 is 29.3 Å². The first-order chi connectivity index (χ1) is 15.8. The minimum atomic E-state index is -4.95. The largest absolute Gasteiger partial charge is 0.435 e. The Bertz CT molecular complexity index is 1320. The Morgan fingerprint density at radius 1 is 1.03 bits per heavy atom. The fraction of sp³-hybridized carbons (Fsp3) is 0.200. The number of nitrogens with one attached hydrogen (secondary N) is 1. The summed E-state index contributed by atoms with van der Waals surface area (Å²) in [4.78, 5) is 12.7. The lowest BCUT2D eigenvalue weighted by Gasteiger charge is -2.11. The lowest BCUT2D eigenvalue weighted by Crippen LogP contribution is -2.21. The molecule has 0 unspecified atom stereocenters. The maximum absolute atomic E-state index is 13.8. The molecule has 0 aliphatic heterocycles. The van der Waals surface area contributed by atoms with Gasteiger partial charge in [0.25, 0.3) is 5.91 Å². The molecule has 9 nitrogen and oxygen atoms in total. The number of hydrogen-bond acceptors (Lipinski definition) is 6. The first-order valence-electron chi connectivity index (χ1n) is 9.80. The molecule has 2 aromatic heterocycles. The first kappa shape index (κ1) is 20.7. The number of rotatable bonds is 5. The standard InChI is InChI=1S/C20H14F4N8O/c21-12-4-6-14(7-5-12)31-17(20(22,23)24)16(26-29-31)19(33)25-13-3-1-2-11(10-13)18-27-28-30-32(18)15-8-9-15/h1-7,10,15H,8-9H2,(H,25,33). The Balaban J connectivity index is 1.46. The quantitative estimate of drug-likeness (QED) is 0.458. The Morgan fingerprint density at radius 2 is 1.79 bits per heavy atom. The van der Waals surface area contributed by atoms with Crippen LogP contribution in [0.5, 0.6) is 0 Å². The number of hydrogen-bond donors (Lipinski definition) is 1. The van der Waals surface area contributed by atoms with Crippen LogP contribution in [-0.4, -0.2) is 41.1 Å². The number of halogens is 4. The fourth-order valence-electron chi connectivity index (χ4n) is 3.33. The van der Waals surface area contributed by atoms with E-state index in [0.717, 1.165) is 37.1 Å². The van der Waals surface area contributed by atoms with Gasteiger partial charge >= 0.3 is 6.18 Å². The van der Waals surface area contributed by atoms with E-state index in [-0.39, 0.29) is 17.4 Å². The van der Waals surface area contributed by atoms with Crippen molar-refractivity contribution < 1.29 is 22.4 Å². The van der Waals surface area contributed by atoms with E-state index in [1.54, 1.807) is 22.9 Å². The van der Waals surface area contributed by atoms with Crippen molar-refractivity contribution in [2.75, 3.05) is 5.32 Å². The minimum Gasteiger partial charge on any atom is -0.321 e. The van der Waals surface area contributed by atoms with E-state index in [1.807, 2.05) is 0 Å². The third-order valence-electron chi connectivity index (χ3n) is 4.99. The average Bonchev–Trinajstić information content (AvgIpc) is 3.32. The third kappa shape index (κ3) is 4.04. The normalized spacial score (nSPS) is 13.8. The van der Waals surface area contributed by atoms with Gasteiger partial charge in [0.15, 0.2) is 17.2 Å². The molecular weight excluding hydrogens is 444 g/mol. The highest BCUT2D eigenvalue weighted by Crippen LogP contribution is 2.37. The highest BCUT2D eigenvalue weighted by Gasteiger charge is 2.42. The maximum atomic E-state index is 13.8. The van der Waals surface area contributed by atoms with Gasteiger partial charge in [-0.05, 0) is 59.7 Å². The smallest absolute Gasteiger partial charge is 0.321 e. The monoisotopic (exact) mass is 458 g/mol. The van der Waals surface area contributed by atoms with Crippen LogP contribution in [0.2, 0.25) is 0 Å². The van der Waals surface area contributed by atoms with Gasteiger partial charge in [0.1, 0.15) is 5.82 Å². The van der Waals surface area contributed by atoms with E-state index in [1.165, 1.54) is 6.07 Å². The number of carbonyl (C=O) groups is 1. The average molecular weight is 458 g/mol. The summed E-state index contributed by atoms with van der Waals surface area (Å²) in [7, 11) is 0. The van der Waals surface area contributed by atoms with E-state index in [4.69, 9.17) is 0 Å². The van der Waals surface area contributed by atoms with E-state index in [2.05, 4.69) is 31.2 Å². The first-order valence-corrected chi connectivity index (χ1v) is 9.80. The molecule has 1 amide bonds. The summed E-state index contributed by atoms with van der Waals surface area (Å²) < 4.78 is 56.7. The van der Waals surface area contributed by atoms with E-state index in [9.17, 15) is 22.4 Å². The number of amides is 1. The second-order valence-electron chi connectivity index (χ2n) is 7.39. The summed E-state index contributed by atoms with van der Waals surface area (Å²) in [5.74, 6) is -1.24. The lowest BCUT2D eigenvalue weighted by molar-refractivity contribution is -0.143. The van der Waals surface area contributed by atoms with Crippen molar-refractivity contribution in [3.05, 3.63) is 65.7 Å².